The number of furan rings is 1. The van der Waals surface area contributed by atoms with E-state index in [1.54, 1.807) is 0 Å². The zero-order chi connectivity index (χ0) is 46.4. The Balaban J connectivity index is 1.02. The molecule has 13 rings (SSSR count). The van der Waals surface area contributed by atoms with Crippen molar-refractivity contribution in [1.82, 2.24) is 0 Å². The third kappa shape index (κ3) is 7.22. The van der Waals surface area contributed by atoms with Gasteiger partial charge in [0, 0.05) is 33.0 Å². The summed E-state index contributed by atoms with van der Waals surface area (Å²) < 4.78 is 7.25. The van der Waals surface area contributed by atoms with E-state index in [-0.39, 0.29) is 0 Å². The van der Waals surface area contributed by atoms with Gasteiger partial charge in [-0.25, -0.2) is 0 Å². The summed E-state index contributed by atoms with van der Waals surface area (Å²) in [4.78, 5) is 2.46. The molecule has 12 aromatic carbocycles. The highest BCUT2D eigenvalue weighted by atomic mass is 16.3. The first-order valence-corrected chi connectivity index (χ1v) is 24.0. The normalized spacial score (nSPS) is 11.4. The van der Waals surface area contributed by atoms with Gasteiger partial charge < -0.3 is 9.32 Å². The summed E-state index contributed by atoms with van der Waals surface area (Å²) in [7, 11) is 0. The first-order valence-electron chi connectivity index (χ1n) is 24.0. The van der Waals surface area contributed by atoms with Gasteiger partial charge in [0.25, 0.3) is 0 Å². The molecule has 0 aliphatic heterocycles. The van der Waals surface area contributed by atoms with E-state index in [0.29, 0.717) is 0 Å². The minimum atomic E-state index is 0.832. The van der Waals surface area contributed by atoms with Gasteiger partial charge in [0.15, 0.2) is 5.58 Å². The highest BCUT2D eigenvalue weighted by Gasteiger charge is 2.27. The summed E-state index contributed by atoms with van der Waals surface area (Å²) in [5.74, 6) is 0. The molecule has 13 aromatic rings. The predicted octanol–water partition coefficient (Wildman–Crippen LogP) is 19.4. The number of rotatable bonds is 9. The van der Waals surface area contributed by atoms with Crippen molar-refractivity contribution in [1.29, 1.82) is 0 Å². The number of para-hydroxylation sites is 2. The van der Waals surface area contributed by atoms with E-state index in [4.69, 9.17) is 4.42 Å². The third-order valence-corrected chi connectivity index (χ3v) is 13.9. The second-order valence-electron chi connectivity index (χ2n) is 18.0. The highest BCUT2D eigenvalue weighted by molar-refractivity contribution is 6.24. The van der Waals surface area contributed by atoms with Crippen LogP contribution in [0.5, 0.6) is 0 Å². The Morgan fingerprint density at radius 1 is 0.243 bits per heavy atom. The van der Waals surface area contributed by atoms with Gasteiger partial charge in [0.05, 0.1) is 11.4 Å². The molecule has 0 aliphatic carbocycles. The largest absolute Gasteiger partial charge is 0.453 e. The van der Waals surface area contributed by atoms with Crippen LogP contribution in [0.2, 0.25) is 0 Å². The monoisotopic (exact) mass is 891 g/mol. The van der Waals surface area contributed by atoms with Crippen LogP contribution in [-0.4, -0.2) is 0 Å². The fourth-order valence-corrected chi connectivity index (χ4v) is 10.5. The summed E-state index contributed by atoms with van der Waals surface area (Å²) in [6, 6.07) is 98.5. The van der Waals surface area contributed by atoms with Gasteiger partial charge in [-0.2, -0.15) is 0 Å². The maximum atomic E-state index is 7.25. The topological polar surface area (TPSA) is 16.4 Å². The minimum Gasteiger partial charge on any atom is -0.453 e. The Hall–Kier alpha value is -9.24. The van der Waals surface area contributed by atoms with Crippen molar-refractivity contribution in [2.24, 2.45) is 0 Å². The molecule has 0 saturated carbocycles. The van der Waals surface area contributed by atoms with Crippen molar-refractivity contribution >= 4 is 60.5 Å². The second kappa shape index (κ2) is 17.4. The molecule has 2 nitrogen and oxygen atoms in total. The third-order valence-electron chi connectivity index (χ3n) is 13.9. The Morgan fingerprint density at radius 2 is 0.629 bits per heavy atom. The van der Waals surface area contributed by atoms with E-state index in [1.165, 1.54) is 49.5 Å². The van der Waals surface area contributed by atoms with E-state index < -0.39 is 0 Å². The van der Waals surface area contributed by atoms with Crippen LogP contribution in [0.1, 0.15) is 0 Å². The standard InChI is InChI=1S/C68H45NO/c1-4-18-46(19-5-1)52-24-14-25-53(44-52)50-38-36-48(37-39-50)49-40-42-56(43-41-49)69(64-35-17-34-63-62-33-16-32-57(67(62)70-68(63)64)51-22-8-3-9-23-51)66-61-31-13-11-29-59(61)58-28-10-12-30-60(58)65(66)55-27-15-26-54(45-55)47-20-6-2-7-21-47/h1-45H. The molecule has 0 bridgehead atoms. The van der Waals surface area contributed by atoms with Crippen molar-refractivity contribution in [2.75, 3.05) is 4.90 Å². The molecule has 0 saturated heterocycles. The molecule has 0 spiro atoms. The van der Waals surface area contributed by atoms with Crippen LogP contribution >= 0.6 is 0 Å². The average molecular weight is 892 g/mol. The number of hydrogen-bond donors (Lipinski definition) is 0. The van der Waals surface area contributed by atoms with Crippen LogP contribution in [0.15, 0.2) is 277 Å². The highest BCUT2D eigenvalue weighted by Crippen LogP contribution is 2.52. The quantitative estimate of drug-likeness (QED) is 0.134. The first kappa shape index (κ1) is 41.0. The molecule has 0 amide bonds. The lowest BCUT2D eigenvalue weighted by Gasteiger charge is -2.31. The van der Waals surface area contributed by atoms with Crippen molar-refractivity contribution in [3.05, 3.63) is 273 Å². The molecule has 0 N–H and O–H groups in total. The van der Waals surface area contributed by atoms with E-state index >= 15 is 0 Å². The lowest BCUT2D eigenvalue weighted by atomic mass is 9.88. The van der Waals surface area contributed by atoms with Crippen molar-refractivity contribution < 1.29 is 4.42 Å². The molecular formula is C68H45NO. The van der Waals surface area contributed by atoms with E-state index in [2.05, 4.69) is 278 Å². The number of anilines is 3. The summed E-state index contributed by atoms with van der Waals surface area (Å²) in [6.45, 7) is 0. The summed E-state index contributed by atoms with van der Waals surface area (Å²) in [5, 5.41) is 6.88. The van der Waals surface area contributed by atoms with Crippen LogP contribution in [-0.2, 0) is 0 Å². The van der Waals surface area contributed by atoms with Crippen molar-refractivity contribution in [3.63, 3.8) is 0 Å². The molecule has 0 aliphatic rings. The number of fused-ring (bicyclic) bond motifs is 6. The van der Waals surface area contributed by atoms with E-state index in [1.807, 2.05) is 0 Å². The summed E-state index contributed by atoms with van der Waals surface area (Å²) >= 11 is 0. The predicted molar refractivity (Wildman–Crippen MR) is 296 cm³/mol. The maximum Gasteiger partial charge on any atom is 0.159 e. The number of hydrogen-bond acceptors (Lipinski definition) is 2. The van der Waals surface area contributed by atoms with Crippen molar-refractivity contribution in [3.8, 4) is 66.8 Å². The molecule has 2 heteroatoms. The molecule has 0 fully saturated rings. The first-order chi connectivity index (χ1) is 34.7. The Morgan fingerprint density at radius 3 is 1.23 bits per heavy atom. The Labute approximate surface area is 407 Å². The fraction of sp³-hybridized carbons (Fsp3) is 0. The van der Waals surface area contributed by atoms with Gasteiger partial charge in [0.1, 0.15) is 5.58 Å². The van der Waals surface area contributed by atoms with Gasteiger partial charge in [0.2, 0.25) is 0 Å². The smallest absolute Gasteiger partial charge is 0.159 e. The number of nitrogens with zero attached hydrogens (tertiary/aromatic N) is 1. The van der Waals surface area contributed by atoms with Crippen LogP contribution in [0.25, 0.3) is 110 Å². The van der Waals surface area contributed by atoms with Crippen molar-refractivity contribution in [2.45, 2.75) is 0 Å². The van der Waals surface area contributed by atoms with Gasteiger partial charge in [-0.05, 0) is 102 Å². The number of benzene rings is 12. The zero-order valence-electron chi connectivity index (χ0n) is 38.3. The molecule has 70 heavy (non-hydrogen) atoms. The lowest BCUT2D eigenvalue weighted by molar-refractivity contribution is 0.670. The summed E-state index contributed by atoms with van der Waals surface area (Å²) in [5.41, 5.74) is 18.7. The SMILES string of the molecule is c1ccc(-c2cccc(-c3ccc(-c4ccc(N(c5c(-c6cccc(-c7ccccc7)c6)c6ccccc6c6ccccc56)c5cccc6c5oc5c(-c7ccccc7)cccc56)cc4)cc3)c2)cc1. The van der Waals surface area contributed by atoms with Gasteiger partial charge in [-0.15, -0.1) is 0 Å². The summed E-state index contributed by atoms with van der Waals surface area (Å²) in [6.07, 6.45) is 0. The van der Waals surface area contributed by atoms with Crippen LogP contribution in [0, 0.1) is 0 Å². The van der Waals surface area contributed by atoms with E-state index in [9.17, 15) is 0 Å². The van der Waals surface area contributed by atoms with Crippen LogP contribution in [0.3, 0.4) is 0 Å². The molecule has 0 atom stereocenters. The van der Waals surface area contributed by atoms with Crippen LogP contribution in [0.4, 0.5) is 17.1 Å². The van der Waals surface area contributed by atoms with Crippen LogP contribution < -0.4 is 4.90 Å². The zero-order valence-corrected chi connectivity index (χ0v) is 38.3. The second-order valence-corrected chi connectivity index (χ2v) is 18.0. The average Bonchev–Trinajstić information content (AvgIpc) is 3.84. The maximum absolute atomic E-state index is 7.25. The van der Waals surface area contributed by atoms with Gasteiger partial charge in [-0.3, -0.25) is 0 Å². The lowest BCUT2D eigenvalue weighted by Crippen LogP contribution is -2.12. The molecule has 328 valence electrons. The molecule has 0 radical (unpaired) electrons. The molecule has 1 heterocycles. The van der Waals surface area contributed by atoms with E-state index in [0.717, 1.165) is 77.8 Å². The molecular weight excluding hydrogens is 847 g/mol. The molecule has 0 unspecified atom stereocenters. The van der Waals surface area contributed by atoms with Gasteiger partial charge in [-0.1, -0.05) is 243 Å². The Bertz CT molecular complexity index is 4020. The molecule has 1 aromatic heterocycles. The van der Waals surface area contributed by atoms with Gasteiger partial charge >= 0.3 is 0 Å². The Kier molecular flexibility index (Phi) is 10.2. The minimum absolute atomic E-state index is 0.832. The fourth-order valence-electron chi connectivity index (χ4n) is 10.5.